The molecule has 0 fully saturated rings. The molecule has 0 bridgehead atoms. The van der Waals surface area contributed by atoms with Gasteiger partial charge in [-0.2, -0.15) is 13.9 Å². The monoisotopic (exact) mass is 388 g/mol. The molecule has 2 aromatic heterocycles. The first-order valence-electron chi connectivity index (χ1n) is 7.25. The van der Waals surface area contributed by atoms with E-state index in [0.29, 0.717) is 5.56 Å². The number of aromatic nitrogens is 4. The largest absolute Gasteiger partial charge is 0.573 e. The molecule has 0 aliphatic carbocycles. The quantitative estimate of drug-likeness (QED) is 0.625. The van der Waals surface area contributed by atoms with Gasteiger partial charge in [0.15, 0.2) is 0 Å². The van der Waals surface area contributed by atoms with Crippen molar-refractivity contribution in [1.82, 2.24) is 20.0 Å². The van der Waals surface area contributed by atoms with Crippen LogP contribution in [0.1, 0.15) is 17.9 Å². The highest BCUT2D eigenvalue weighted by Gasteiger charge is 2.31. The standard InChI is InChI=1S/C15H9F5N4O3/c16-12(17)14-23-22-13(26-14)9-5-11(25)24(21-6-9)7-8-2-1-3-10(4-8)27-15(18,19)20/h1-6,12H,7H2. The molecule has 1 aromatic carbocycles. The SMILES string of the molecule is O=c1cc(-c2nnc(C(F)F)o2)cnn1Cc1cccc(OC(F)(F)F)c1. The number of alkyl halides is 5. The minimum absolute atomic E-state index is 0.0322. The smallest absolute Gasteiger partial charge is 0.415 e. The van der Waals surface area contributed by atoms with Crippen LogP contribution in [-0.4, -0.2) is 26.3 Å². The zero-order valence-corrected chi connectivity index (χ0v) is 13.2. The zero-order valence-electron chi connectivity index (χ0n) is 13.2. The Morgan fingerprint density at radius 1 is 1.19 bits per heavy atom. The predicted molar refractivity (Wildman–Crippen MR) is 79.0 cm³/mol. The minimum Gasteiger partial charge on any atom is -0.415 e. The maximum atomic E-state index is 12.5. The van der Waals surface area contributed by atoms with E-state index in [9.17, 15) is 26.7 Å². The van der Waals surface area contributed by atoms with Crippen LogP contribution in [0.4, 0.5) is 22.0 Å². The van der Waals surface area contributed by atoms with Crippen molar-refractivity contribution in [3.63, 3.8) is 0 Å². The highest BCUT2D eigenvalue weighted by molar-refractivity contribution is 5.49. The Balaban J connectivity index is 1.80. The molecule has 2 heterocycles. The van der Waals surface area contributed by atoms with Gasteiger partial charge in [0, 0.05) is 6.07 Å². The summed E-state index contributed by atoms with van der Waals surface area (Å²) in [6.45, 7) is -0.139. The second-order valence-corrected chi connectivity index (χ2v) is 5.18. The van der Waals surface area contributed by atoms with Crippen molar-refractivity contribution in [3.05, 3.63) is 58.3 Å². The van der Waals surface area contributed by atoms with Gasteiger partial charge in [-0.3, -0.25) is 4.79 Å². The molecular formula is C15H9F5N4O3. The van der Waals surface area contributed by atoms with E-state index < -0.39 is 30.0 Å². The summed E-state index contributed by atoms with van der Waals surface area (Å²) in [5.74, 6) is -1.63. The molecule has 0 N–H and O–H groups in total. The van der Waals surface area contributed by atoms with Gasteiger partial charge in [0.05, 0.1) is 18.3 Å². The molecule has 3 rings (SSSR count). The second kappa shape index (κ2) is 7.13. The van der Waals surface area contributed by atoms with Gasteiger partial charge in [0.2, 0.25) is 5.89 Å². The molecule has 0 radical (unpaired) electrons. The number of rotatable bonds is 5. The number of hydrogen-bond donors (Lipinski definition) is 0. The van der Waals surface area contributed by atoms with Crippen LogP contribution in [0.3, 0.4) is 0 Å². The lowest BCUT2D eigenvalue weighted by molar-refractivity contribution is -0.274. The Kier molecular flexibility index (Phi) is 4.88. The van der Waals surface area contributed by atoms with E-state index >= 15 is 0 Å². The van der Waals surface area contributed by atoms with Crippen LogP contribution in [0.5, 0.6) is 5.75 Å². The summed E-state index contributed by atoms with van der Waals surface area (Å²) in [5, 5.41) is 10.4. The van der Waals surface area contributed by atoms with Crippen molar-refractivity contribution in [2.24, 2.45) is 0 Å². The number of hydrogen-bond acceptors (Lipinski definition) is 6. The summed E-state index contributed by atoms with van der Waals surface area (Å²) in [6, 6.07) is 6.08. The maximum absolute atomic E-state index is 12.5. The molecule has 0 amide bonds. The number of ether oxygens (including phenoxy) is 1. The van der Waals surface area contributed by atoms with Crippen molar-refractivity contribution in [2.75, 3.05) is 0 Å². The van der Waals surface area contributed by atoms with Gasteiger partial charge in [-0.25, -0.2) is 4.68 Å². The molecule has 0 saturated carbocycles. The molecule has 0 spiro atoms. The number of halogens is 5. The third-order valence-corrected chi connectivity index (χ3v) is 3.21. The van der Waals surface area contributed by atoms with Crippen molar-refractivity contribution >= 4 is 0 Å². The first kappa shape index (κ1) is 18.5. The van der Waals surface area contributed by atoms with Crippen LogP contribution in [0.15, 0.2) is 45.7 Å². The lowest BCUT2D eigenvalue weighted by Gasteiger charge is -2.10. The van der Waals surface area contributed by atoms with E-state index in [2.05, 4.69) is 20.0 Å². The van der Waals surface area contributed by atoms with E-state index in [1.165, 1.54) is 12.1 Å². The van der Waals surface area contributed by atoms with Crippen molar-refractivity contribution < 1.29 is 31.1 Å². The van der Waals surface area contributed by atoms with E-state index in [1.54, 1.807) is 0 Å². The minimum atomic E-state index is -4.84. The van der Waals surface area contributed by atoms with Gasteiger partial charge in [-0.05, 0) is 17.7 Å². The molecule has 12 heteroatoms. The average molecular weight is 388 g/mol. The van der Waals surface area contributed by atoms with Gasteiger partial charge < -0.3 is 9.15 Å². The molecule has 3 aromatic rings. The van der Waals surface area contributed by atoms with E-state index in [4.69, 9.17) is 4.42 Å². The van der Waals surface area contributed by atoms with Crippen molar-refractivity contribution in [3.8, 4) is 17.2 Å². The summed E-state index contributed by atoms with van der Waals surface area (Å²) in [5.41, 5.74) is -0.284. The normalized spacial score (nSPS) is 11.8. The Bertz CT molecular complexity index is 999. The first-order valence-corrected chi connectivity index (χ1v) is 7.25. The summed E-state index contributed by atoms with van der Waals surface area (Å²) in [7, 11) is 0. The molecule has 0 aliphatic heterocycles. The van der Waals surface area contributed by atoms with Crippen LogP contribution in [0, 0.1) is 0 Å². The van der Waals surface area contributed by atoms with E-state index in [1.807, 2.05) is 0 Å². The van der Waals surface area contributed by atoms with Gasteiger partial charge in [-0.1, -0.05) is 12.1 Å². The molecule has 0 unspecified atom stereocenters. The van der Waals surface area contributed by atoms with Gasteiger partial charge >= 0.3 is 12.8 Å². The lowest BCUT2D eigenvalue weighted by atomic mass is 10.2. The van der Waals surface area contributed by atoms with Crippen LogP contribution < -0.4 is 10.3 Å². The first-order chi connectivity index (χ1) is 12.7. The van der Waals surface area contributed by atoms with Gasteiger partial charge in [0.25, 0.3) is 11.4 Å². The maximum Gasteiger partial charge on any atom is 0.573 e. The summed E-state index contributed by atoms with van der Waals surface area (Å²) in [4.78, 5) is 12.1. The van der Waals surface area contributed by atoms with Crippen molar-refractivity contribution in [1.29, 1.82) is 0 Å². The number of nitrogens with zero attached hydrogens (tertiary/aromatic N) is 4. The fourth-order valence-corrected chi connectivity index (χ4v) is 2.12. The van der Waals surface area contributed by atoms with E-state index in [-0.39, 0.29) is 18.0 Å². The van der Waals surface area contributed by atoms with Crippen molar-refractivity contribution in [2.45, 2.75) is 19.3 Å². The average Bonchev–Trinajstić information content (AvgIpc) is 3.06. The summed E-state index contributed by atoms with van der Waals surface area (Å²) in [6.07, 6.45) is -6.65. The fourth-order valence-electron chi connectivity index (χ4n) is 2.12. The third kappa shape index (κ3) is 4.65. The van der Waals surface area contributed by atoms with Gasteiger partial charge in [0.1, 0.15) is 5.75 Å². The Hall–Kier alpha value is -3.31. The fraction of sp³-hybridized carbons (Fsp3) is 0.200. The highest BCUT2D eigenvalue weighted by Crippen LogP contribution is 2.24. The molecule has 142 valence electrons. The van der Waals surface area contributed by atoms with Gasteiger partial charge in [-0.15, -0.1) is 23.4 Å². The molecule has 7 nitrogen and oxygen atoms in total. The molecule has 0 atom stereocenters. The summed E-state index contributed by atoms with van der Waals surface area (Å²) >= 11 is 0. The molecular weight excluding hydrogens is 379 g/mol. The predicted octanol–water partition coefficient (Wildman–Crippen LogP) is 3.18. The van der Waals surface area contributed by atoms with Crippen LogP contribution in [0.25, 0.3) is 11.5 Å². The highest BCUT2D eigenvalue weighted by atomic mass is 19.4. The third-order valence-electron chi connectivity index (χ3n) is 3.21. The lowest BCUT2D eigenvalue weighted by Crippen LogP contribution is -2.22. The summed E-state index contributed by atoms with van der Waals surface area (Å²) < 4.78 is 71.2. The Morgan fingerprint density at radius 2 is 1.96 bits per heavy atom. The Morgan fingerprint density at radius 3 is 2.59 bits per heavy atom. The number of benzene rings is 1. The molecule has 0 aliphatic rings. The van der Waals surface area contributed by atoms with Crippen LogP contribution in [0.2, 0.25) is 0 Å². The Labute approximate surface area is 147 Å². The molecule has 27 heavy (non-hydrogen) atoms. The molecule has 0 saturated heterocycles. The van der Waals surface area contributed by atoms with Crippen LogP contribution in [-0.2, 0) is 6.54 Å². The topological polar surface area (TPSA) is 83.0 Å². The van der Waals surface area contributed by atoms with E-state index in [0.717, 1.165) is 29.1 Å². The van der Waals surface area contributed by atoms with Crippen LogP contribution >= 0.6 is 0 Å². The second-order valence-electron chi connectivity index (χ2n) is 5.18. The zero-order chi connectivity index (χ0) is 19.6.